The molecule has 0 aromatic heterocycles. The molecule has 126 valence electrons. The van der Waals surface area contributed by atoms with E-state index in [-0.39, 0.29) is 24.2 Å². The van der Waals surface area contributed by atoms with Gasteiger partial charge < -0.3 is 10.2 Å². The van der Waals surface area contributed by atoms with Gasteiger partial charge in [-0.1, -0.05) is 18.2 Å². The van der Waals surface area contributed by atoms with Crippen LogP contribution in [0.25, 0.3) is 0 Å². The van der Waals surface area contributed by atoms with Crippen LogP contribution in [-0.2, 0) is 10.0 Å². The number of piperazine rings is 1. The zero-order valence-electron chi connectivity index (χ0n) is 13.1. The fraction of sp³-hybridized carbons (Fsp3) is 0.562. The smallest absolute Gasteiger partial charge is 0.254 e. The monoisotopic (exact) mass is 337 g/mol. The third-order valence-electron chi connectivity index (χ3n) is 4.33. The predicted octanol–water partition coefficient (Wildman–Crippen LogP) is 0.526. The summed E-state index contributed by atoms with van der Waals surface area (Å²) in [4.78, 5) is 14.4. The van der Waals surface area contributed by atoms with E-state index in [0.29, 0.717) is 31.7 Å². The van der Waals surface area contributed by atoms with Gasteiger partial charge in [-0.2, -0.15) is 4.31 Å². The average molecular weight is 337 g/mol. The van der Waals surface area contributed by atoms with Gasteiger partial charge in [0.15, 0.2) is 0 Å². The maximum Gasteiger partial charge on any atom is 0.254 e. The molecule has 0 spiro atoms. The molecule has 6 nitrogen and oxygen atoms in total. The second-order valence-corrected chi connectivity index (χ2v) is 8.15. The summed E-state index contributed by atoms with van der Waals surface area (Å²) >= 11 is 0. The summed E-state index contributed by atoms with van der Waals surface area (Å²) in [6.07, 6.45) is 1.93. The molecule has 7 heteroatoms. The highest BCUT2D eigenvalue weighted by Crippen LogP contribution is 2.28. The van der Waals surface area contributed by atoms with E-state index < -0.39 is 10.0 Å². The number of hydrogen-bond donors (Lipinski definition) is 1. The zero-order chi connectivity index (χ0) is 16.3. The fourth-order valence-corrected chi connectivity index (χ4v) is 4.27. The van der Waals surface area contributed by atoms with Crippen molar-refractivity contribution in [2.75, 3.05) is 38.5 Å². The highest BCUT2D eigenvalue weighted by molar-refractivity contribution is 7.89. The van der Waals surface area contributed by atoms with Crippen LogP contribution in [-0.4, -0.2) is 68.0 Å². The Hall–Kier alpha value is -1.44. The van der Waals surface area contributed by atoms with Gasteiger partial charge in [-0.15, -0.1) is 0 Å². The number of benzene rings is 1. The summed E-state index contributed by atoms with van der Waals surface area (Å²) in [7, 11) is -3.30. The Labute approximate surface area is 137 Å². The molecule has 0 atom stereocenters. The van der Waals surface area contributed by atoms with E-state index in [1.165, 1.54) is 4.31 Å². The maximum atomic E-state index is 12.6. The molecule has 1 aliphatic heterocycles. The van der Waals surface area contributed by atoms with Crippen molar-refractivity contribution in [1.29, 1.82) is 0 Å². The number of sulfonamides is 1. The summed E-state index contributed by atoms with van der Waals surface area (Å²) in [6.45, 7) is 2.67. The topological polar surface area (TPSA) is 69.7 Å². The number of nitrogens with one attached hydrogen (secondary N) is 1. The molecule has 1 heterocycles. The highest BCUT2D eigenvalue weighted by Gasteiger charge is 2.34. The first kappa shape index (κ1) is 16.4. The maximum absolute atomic E-state index is 12.6. The van der Waals surface area contributed by atoms with Crippen molar-refractivity contribution in [3.8, 4) is 0 Å². The Bertz CT molecular complexity index is 638. The average Bonchev–Trinajstić information content (AvgIpc) is 3.41. The van der Waals surface area contributed by atoms with Gasteiger partial charge in [0.1, 0.15) is 0 Å². The van der Waals surface area contributed by atoms with Crippen molar-refractivity contribution in [2.24, 2.45) is 0 Å². The van der Waals surface area contributed by atoms with E-state index >= 15 is 0 Å². The van der Waals surface area contributed by atoms with E-state index in [0.717, 1.165) is 12.8 Å². The molecule has 2 fully saturated rings. The zero-order valence-corrected chi connectivity index (χ0v) is 14.0. The van der Waals surface area contributed by atoms with Crippen molar-refractivity contribution in [1.82, 2.24) is 14.5 Å². The SMILES string of the molecule is O=C(c1ccccc1)N(CCS(=O)(=O)N1CCNCC1)C1CC1. The van der Waals surface area contributed by atoms with Gasteiger partial charge in [-0.05, 0) is 25.0 Å². The Kier molecular flexibility index (Phi) is 4.99. The molecule has 1 N–H and O–H groups in total. The van der Waals surface area contributed by atoms with Gasteiger partial charge in [0.2, 0.25) is 10.0 Å². The van der Waals surface area contributed by atoms with Crippen molar-refractivity contribution < 1.29 is 13.2 Å². The molecule has 1 saturated carbocycles. The van der Waals surface area contributed by atoms with Gasteiger partial charge in [-0.3, -0.25) is 4.79 Å². The number of carbonyl (C=O) groups is 1. The second kappa shape index (κ2) is 6.98. The van der Waals surface area contributed by atoms with Crippen LogP contribution in [0.1, 0.15) is 23.2 Å². The molecule has 0 bridgehead atoms. The molecule has 3 rings (SSSR count). The van der Waals surface area contributed by atoms with E-state index in [9.17, 15) is 13.2 Å². The summed E-state index contributed by atoms with van der Waals surface area (Å²) in [5, 5.41) is 3.15. The Morgan fingerprint density at radius 3 is 2.43 bits per heavy atom. The first-order chi connectivity index (χ1) is 11.1. The molecule has 1 aliphatic carbocycles. The minimum Gasteiger partial charge on any atom is -0.335 e. The number of amides is 1. The minimum absolute atomic E-state index is 0.00206. The molecular formula is C16H23N3O3S. The van der Waals surface area contributed by atoms with Crippen molar-refractivity contribution in [3.63, 3.8) is 0 Å². The van der Waals surface area contributed by atoms with Gasteiger partial charge in [0.05, 0.1) is 5.75 Å². The largest absolute Gasteiger partial charge is 0.335 e. The lowest BCUT2D eigenvalue weighted by Crippen LogP contribution is -2.48. The summed E-state index contributed by atoms with van der Waals surface area (Å²) in [5.74, 6) is -0.0640. The Morgan fingerprint density at radius 1 is 1.17 bits per heavy atom. The van der Waals surface area contributed by atoms with E-state index in [1.807, 2.05) is 18.2 Å². The number of hydrogen-bond acceptors (Lipinski definition) is 4. The lowest BCUT2D eigenvalue weighted by atomic mass is 10.2. The number of rotatable bonds is 6. The fourth-order valence-electron chi connectivity index (χ4n) is 2.85. The van der Waals surface area contributed by atoms with E-state index in [4.69, 9.17) is 0 Å². The van der Waals surface area contributed by atoms with Crippen LogP contribution in [0.3, 0.4) is 0 Å². The molecule has 1 amide bonds. The van der Waals surface area contributed by atoms with Gasteiger partial charge in [0.25, 0.3) is 5.91 Å². The first-order valence-corrected chi connectivity index (χ1v) is 9.73. The third kappa shape index (κ3) is 4.10. The molecule has 0 radical (unpaired) electrons. The molecule has 23 heavy (non-hydrogen) atoms. The van der Waals surface area contributed by atoms with Gasteiger partial charge >= 0.3 is 0 Å². The molecular weight excluding hydrogens is 314 g/mol. The predicted molar refractivity (Wildman–Crippen MR) is 88.7 cm³/mol. The molecule has 0 unspecified atom stereocenters. The van der Waals surface area contributed by atoms with Crippen LogP contribution in [0.15, 0.2) is 30.3 Å². The third-order valence-corrected chi connectivity index (χ3v) is 6.18. The summed E-state index contributed by atoms with van der Waals surface area (Å²) < 4.78 is 26.4. The lowest BCUT2D eigenvalue weighted by molar-refractivity contribution is 0.0753. The lowest BCUT2D eigenvalue weighted by Gasteiger charge is -2.28. The number of nitrogens with zero attached hydrogens (tertiary/aromatic N) is 2. The molecule has 1 aromatic rings. The Morgan fingerprint density at radius 2 is 1.83 bits per heavy atom. The van der Waals surface area contributed by atoms with Crippen LogP contribution in [0.2, 0.25) is 0 Å². The minimum atomic E-state index is -3.30. The number of carbonyl (C=O) groups excluding carboxylic acids is 1. The molecule has 2 aliphatic rings. The van der Waals surface area contributed by atoms with Gasteiger partial charge in [0, 0.05) is 44.3 Å². The normalized spacial score (nSPS) is 19.5. The quantitative estimate of drug-likeness (QED) is 0.822. The molecule has 1 aromatic carbocycles. The van der Waals surface area contributed by atoms with Crippen LogP contribution in [0.5, 0.6) is 0 Å². The van der Waals surface area contributed by atoms with Crippen LogP contribution in [0, 0.1) is 0 Å². The van der Waals surface area contributed by atoms with E-state index in [2.05, 4.69) is 5.32 Å². The van der Waals surface area contributed by atoms with Crippen molar-refractivity contribution >= 4 is 15.9 Å². The Balaban J connectivity index is 1.65. The van der Waals surface area contributed by atoms with Crippen LogP contribution in [0.4, 0.5) is 0 Å². The van der Waals surface area contributed by atoms with Gasteiger partial charge in [-0.25, -0.2) is 8.42 Å². The van der Waals surface area contributed by atoms with E-state index in [1.54, 1.807) is 17.0 Å². The standard InChI is InChI=1S/C16H23N3O3S/c20-16(14-4-2-1-3-5-14)19(15-6-7-15)12-13-23(21,22)18-10-8-17-9-11-18/h1-5,15,17H,6-13H2. The summed E-state index contributed by atoms with van der Waals surface area (Å²) in [6, 6.07) is 9.28. The van der Waals surface area contributed by atoms with Crippen LogP contribution >= 0.6 is 0 Å². The summed E-state index contributed by atoms with van der Waals surface area (Å²) in [5.41, 5.74) is 0.624. The molecule has 1 saturated heterocycles. The van der Waals surface area contributed by atoms with Crippen molar-refractivity contribution in [2.45, 2.75) is 18.9 Å². The second-order valence-electron chi connectivity index (χ2n) is 6.06. The van der Waals surface area contributed by atoms with Crippen molar-refractivity contribution in [3.05, 3.63) is 35.9 Å². The van der Waals surface area contributed by atoms with Crippen LogP contribution < -0.4 is 5.32 Å². The highest BCUT2D eigenvalue weighted by atomic mass is 32.2. The first-order valence-electron chi connectivity index (χ1n) is 8.12.